The Morgan fingerprint density at radius 3 is 2.40 bits per heavy atom. The van der Waals surface area contributed by atoms with Gasteiger partial charge in [0.15, 0.2) is 0 Å². The van der Waals surface area contributed by atoms with Gasteiger partial charge >= 0.3 is 6.03 Å². The van der Waals surface area contributed by atoms with E-state index < -0.39 is 6.10 Å². The van der Waals surface area contributed by atoms with Crippen molar-refractivity contribution in [3.63, 3.8) is 0 Å². The van der Waals surface area contributed by atoms with Gasteiger partial charge in [-0.1, -0.05) is 45.0 Å². The molecule has 0 aliphatic carbocycles. The van der Waals surface area contributed by atoms with E-state index in [-0.39, 0.29) is 24.0 Å². The van der Waals surface area contributed by atoms with Crippen LogP contribution in [-0.2, 0) is 10.2 Å². The summed E-state index contributed by atoms with van der Waals surface area (Å²) < 4.78 is 5.35. The van der Waals surface area contributed by atoms with E-state index in [0.29, 0.717) is 5.92 Å². The average Bonchev–Trinajstić information content (AvgIpc) is 2.59. The summed E-state index contributed by atoms with van der Waals surface area (Å²) in [6.45, 7) is 10.2. The van der Waals surface area contributed by atoms with Crippen LogP contribution in [0.5, 0.6) is 0 Å². The van der Waals surface area contributed by atoms with Gasteiger partial charge in [0.1, 0.15) is 0 Å². The van der Waals surface area contributed by atoms with Crippen LogP contribution in [-0.4, -0.2) is 36.9 Å². The molecule has 0 bridgehead atoms. The monoisotopic (exact) mass is 348 g/mol. The summed E-state index contributed by atoms with van der Waals surface area (Å²) in [6, 6.07) is 7.79. The van der Waals surface area contributed by atoms with Crippen molar-refractivity contribution in [2.45, 2.75) is 58.1 Å². The topological polar surface area (TPSA) is 70.6 Å². The summed E-state index contributed by atoms with van der Waals surface area (Å²) in [4.78, 5) is 12.1. The largest absolute Gasteiger partial charge is 0.387 e. The molecule has 1 heterocycles. The van der Waals surface area contributed by atoms with Gasteiger partial charge < -0.3 is 20.5 Å². The lowest BCUT2D eigenvalue weighted by Gasteiger charge is -2.28. The minimum atomic E-state index is -0.710. The second-order valence-electron chi connectivity index (χ2n) is 7.98. The number of aliphatic hydroxyl groups excluding tert-OH is 1. The molecule has 0 saturated carbocycles. The van der Waals surface area contributed by atoms with Gasteiger partial charge in [0, 0.05) is 25.8 Å². The SMILES string of the molecule is CC(NC(=O)NCC(O)c1ccc(C(C)(C)C)cc1)C1CCOCC1. The van der Waals surface area contributed by atoms with Crippen LogP contribution in [0.4, 0.5) is 4.79 Å². The van der Waals surface area contributed by atoms with Crippen molar-refractivity contribution < 1.29 is 14.6 Å². The molecule has 25 heavy (non-hydrogen) atoms. The normalized spacial score (nSPS) is 18.4. The van der Waals surface area contributed by atoms with E-state index in [1.54, 1.807) is 0 Å². The van der Waals surface area contributed by atoms with Crippen molar-refractivity contribution in [2.75, 3.05) is 19.8 Å². The fraction of sp³-hybridized carbons (Fsp3) is 0.650. The second-order valence-corrected chi connectivity index (χ2v) is 7.98. The van der Waals surface area contributed by atoms with Gasteiger partial charge in [-0.3, -0.25) is 0 Å². The molecule has 1 aliphatic heterocycles. The van der Waals surface area contributed by atoms with Crippen LogP contribution < -0.4 is 10.6 Å². The van der Waals surface area contributed by atoms with Gasteiger partial charge in [-0.25, -0.2) is 4.79 Å². The Bertz CT molecular complexity index is 545. The maximum Gasteiger partial charge on any atom is 0.315 e. The number of hydrogen-bond donors (Lipinski definition) is 3. The molecule has 2 unspecified atom stereocenters. The number of rotatable bonds is 5. The van der Waals surface area contributed by atoms with Gasteiger partial charge in [-0.05, 0) is 42.2 Å². The highest BCUT2D eigenvalue weighted by molar-refractivity contribution is 5.74. The van der Waals surface area contributed by atoms with E-state index in [1.807, 2.05) is 31.2 Å². The minimum Gasteiger partial charge on any atom is -0.387 e. The van der Waals surface area contributed by atoms with Crippen molar-refractivity contribution in [2.24, 2.45) is 5.92 Å². The minimum absolute atomic E-state index is 0.0852. The van der Waals surface area contributed by atoms with Crippen molar-refractivity contribution in [1.29, 1.82) is 0 Å². The first kappa shape index (κ1) is 19.7. The van der Waals surface area contributed by atoms with Crippen LogP contribution in [0.15, 0.2) is 24.3 Å². The number of urea groups is 1. The number of ether oxygens (including phenoxy) is 1. The van der Waals surface area contributed by atoms with E-state index in [0.717, 1.165) is 31.6 Å². The number of benzene rings is 1. The highest BCUT2D eigenvalue weighted by atomic mass is 16.5. The molecule has 2 rings (SSSR count). The molecule has 1 aromatic carbocycles. The van der Waals surface area contributed by atoms with Crippen LogP contribution in [0.3, 0.4) is 0 Å². The molecule has 1 saturated heterocycles. The van der Waals surface area contributed by atoms with Crippen LogP contribution in [0.25, 0.3) is 0 Å². The zero-order valence-electron chi connectivity index (χ0n) is 15.8. The third-order valence-electron chi connectivity index (χ3n) is 4.95. The van der Waals surface area contributed by atoms with Crippen molar-refractivity contribution in [3.05, 3.63) is 35.4 Å². The molecule has 5 heteroatoms. The smallest absolute Gasteiger partial charge is 0.315 e. The lowest BCUT2D eigenvalue weighted by atomic mass is 9.86. The third-order valence-corrected chi connectivity index (χ3v) is 4.95. The van der Waals surface area contributed by atoms with Crippen molar-refractivity contribution in [3.8, 4) is 0 Å². The fourth-order valence-electron chi connectivity index (χ4n) is 3.10. The molecule has 0 aromatic heterocycles. The molecule has 5 nitrogen and oxygen atoms in total. The van der Waals surface area contributed by atoms with Crippen LogP contribution in [0, 0.1) is 5.92 Å². The first-order valence-electron chi connectivity index (χ1n) is 9.18. The van der Waals surface area contributed by atoms with Crippen molar-refractivity contribution in [1.82, 2.24) is 10.6 Å². The van der Waals surface area contributed by atoms with Gasteiger partial charge in [0.05, 0.1) is 6.10 Å². The first-order valence-corrected chi connectivity index (χ1v) is 9.18. The van der Waals surface area contributed by atoms with E-state index in [4.69, 9.17) is 4.74 Å². The summed E-state index contributed by atoms with van der Waals surface area (Å²) in [7, 11) is 0. The highest BCUT2D eigenvalue weighted by Gasteiger charge is 2.22. The predicted octanol–water partition coefficient (Wildman–Crippen LogP) is 3.13. The third kappa shape index (κ3) is 6.01. The Morgan fingerprint density at radius 2 is 1.84 bits per heavy atom. The quantitative estimate of drug-likeness (QED) is 0.765. The van der Waals surface area contributed by atoms with Gasteiger partial charge in [-0.2, -0.15) is 0 Å². The molecule has 2 atom stereocenters. The highest BCUT2D eigenvalue weighted by Crippen LogP contribution is 2.24. The Hall–Kier alpha value is -1.59. The molecule has 3 N–H and O–H groups in total. The van der Waals surface area contributed by atoms with Gasteiger partial charge in [0.25, 0.3) is 0 Å². The van der Waals surface area contributed by atoms with E-state index >= 15 is 0 Å². The van der Waals surface area contributed by atoms with Crippen LogP contribution in [0.2, 0.25) is 0 Å². The zero-order valence-corrected chi connectivity index (χ0v) is 15.8. The molecule has 1 fully saturated rings. The predicted molar refractivity (Wildman–Crippen MR) is 99.6 cm³/mol. The van der Waals surface area contributed by atoms with Crippen molar-refractivity contribution >= 4 is 6.03 Å². The number of carbonyl (C=O) groups is 1. The number of amides is 2. The second kappa shape index (κ2) is 8.68. The Balaban J connectivity index is 1.78. The van der Waals surface area contributed by atoms with E-state index in [1.165, 1.54) is 5.56 Å². The van der Waals surface area contributed by atoms with Gasteiger partial charge in [-0.15, -0.1) is 0 Å². The van der Waals surface area contributed by atoms with E-state index in [9.17, 15) is 9.90 Å². The molecular formula is C20H32N2O3. The average molecular weight is 348 g/mol. The maximum absolute atomic E-state index is 12.1. The molecule has 1 aromatic rings. The Labute approximate surface area is 151 Å². The molecular weight excluding hydrogens is 316 g/mol. The maximum atomic E-state index is 12.1. The summed E-state index contributed by atoms with van der Waals surface area (Å²) in [5.74, 6) is 0.453. The summed E-state index contributed by atoms with van der Waals surface area (Å²) in [6.07, 6.45) is 1.24. The van der Waals surface area contributed by atoms with E-state index in [2.05, 4.69) is 31.4 Å². The number of hydrogen-bond acceptors (Lipinski definition) is 3. The zero-order chi connectivity index (χ0) is 18.4. The lowest BCUT2D eigenvalue weighted by molar-refractivity contribution is 0.0570. The van der Waals surface area contributed by atoms with Crippen LogP contribution in [0.1, 0.15) is 57.8 Å². The standard InChI is InChI=1S/C20H32N2O3/c1-14(15-9-11-25-12-10-15)22-19(24)21-13-18(23)16-5-7-17(8-6-16)20(2,3)4/h5-8,14-15,18,23H,9-13H2,1-4H3,(H2,21,22,24). The summed E-state index contributed by atoms with van der Waals surface area (Å²) in [5.41, 5.74) is 2.12. The number of carbonyl (C=O) groups excluding carboxylic acids is 1. The number of aliphatic hydroxyl groups is 1. The summed E-state index contributed by atoms with van der Waals surface area (Å²) >= 11 is 0. The molecule has 0 radical (unpaired) electrons. The molecule has 0 spiro atoms. The fourth-order valence-corrected chi connectivity index (χ4v) is 3.10. The molecule has 2 amide bonds. The summed E-state index contributed by atoms with van der Waals surface area (Å²) in [5, 5.41) is 16.0. The van der Waals surface area contributed by atoms with Gasteiger partial charge in [0.2, 0.25) is 0 Å². The van der Waals surface area contributed by atoms with Crippen LogP contribution >= 0.6 is 0 Å². The molecule has 1 aliphatic rings. The first-order chi connectivity index (χ1) is 11.8. The number of nitrogens with one attached hydrogen (secondary N) is 2. The lowest BCUT2D eigenvalue weighted by Crippen LogP contribution is -2.46. The molecule has 140 valence electrons. The Morgan fingerprint density at radius 1 is 1.24 bits per heavy atom. The Kier molecular flexibility index (Phi) is 6.85.